The van der Waals surface area contributed by atoms with Crippen molar-refractivity contribution in [3.8, 4) is 5.69 Å². The molecule has 164 valence electrons. The van der Waals surface area contributed by atoms with Gasteiger partial charge < -0.3 is 4.98 Å². The molecule has 0 bridgehead atoms. The van der Waals surface area contributed by atoms with Gasteiger partial charge in [0.2, 0.25) is 0 Å². The van der Waals surface area contributed by atoms with Gasteiger partial charge in [0.25, 0.3) is 5.56 Å². The average Bonchev–Trinajstić information content (AvgIpc) is 3.22. The molecule has 0 radical (unpaired) electrons. The Morgan fingerprint density at radius 3 is 2.62 bits per heavy atom. The molecule has 1 fully saturated rings. The standard InChI is InChI=1S/C24H26N6OS/c1-17-9-8-12-19-22(17)25-20(26-23(19)31)16-32-24-28-27-21(15-29-13-6-3-7-14-29)30(24)18-10-4-2-5-11-18/h2,4-5,8-12H,3,6-7,13-16H2,1H3,(H,25,26,31). The molecule has 4 aromatic rings. The van der Waals surface area contributed by atoms with Gasteiger partial charge in [-0.05, 0) is 56.6 Å². The Bertz CT molecular complexity index is 1280. The van der Waals surface area contributed by atoms with Crippen LogP contribution in [-0.4, -0.2) is 42.7 Å². The van der Waals surface area contributed by atoms with Gasteiger partial charge in [-0.2, -0.15) is 0 Å². The van der Waals surface area contributed by atoms with E-state index in [-0.39, 0.29) is 5.56 Å². The lowest BCUT2D eigenvalue weighted by Gasteiger charge is -2.26. The van der Waals surface area contributed by atoms with Crippen molar-refractivity contribution in [2.45, 2.75) is 43.6 Å². The van der Waals surface area contributed by atoms with Crippen LogP contribution in [-0.2, 0) is 12.3 Å². The van der Waals surface area contributed by atoms with Crippen LogP contribution in [0.3, 0.4) is 0 Å². The topological polar surface area (TPSA) is 79.7 Å². The van der Waals surface area contributed by atoms with E-state index in [1.165, 1.54) is 31.0 Å². The van der Waals surface area contributed by atoms with Gasteiger partial charge in [-0.1, -0.05) is 48.5 Å². The highest BCUT2D eigenvalue weighted by molar-refractivity contribution is 7.98. The van der Waals surface area contributed by atoms with E-state index in [2.05, 4.69) is 36.8 Å². The molecule has 1 N–H and O–H groups in total. The Kier molecular flexibility index (Phi) is 6.05. The van der Waals surface area contributed by atoms with Crippen molar-refractivity contribution in [2.75, 3.05) is 13.1 Å². The largest absolute Gasteiger partial charge is 0.309 e. The van der Waals surface area contributed by atoms with Gasteiger partial charge in [0.1, 0.15) is 5.82 Å². The van der Waals surface area contributed by atoms with E-state index < -0.39 is 0 Å². The van der Waals surface area contributed by atoms with Crippen molar-refractivity contribution < 1.29 is 0 Å². The monoisotopic (exact) mass is 446 g/mol. The fraction of sp³-hybridized carbons (Fsp3) is 0.333. The second-order valence-corrected chi connectivity index (χ2v) is 9.12. The summed E-state index contributed by atoms with van der Waals surface area (Å²) in [7, 11) is 0. The fourth-order valence-corrected chi connectivity index (χ4v) is 5.04. The third-order valence-corrected chi connectivity index (χ3v) is 6.79. The van der Waals surface area contributed by atoms with Crippen LogP contribution in [0.15, 0.2) is 58.5 Å². The first-order valence-electron chi connectivity index (χ1n) is 11.0. The van der Waals surface area contributed by atoms with Gasteiger partial charge in [-0.25, -0.2) is 4.98 Å². The Morgan fingerprint density at radius 2 is 1.81 bits per heavy atom. The molecule has 0 atom stereocenters. The highest BCUT2D eigenvalue weighted by Gasteiger charge is 2.19. The SMILES string of the molecule is Cc1cccc2c(=O)[nH]c(CSc3nnc(CN4CCCCC4)n3-c3ccccc3)nc12. The molecule has 5 rings (SSSR count). The number of hydrogen-bond acceptors (Lipinski definition) is 6. The van der Waals surface area contributed by atoms with Gasteiger partial charge in [-0.15, -0.1) is 10.2 Å². The van der Waals surface area contributed by atoms with Crippen LogP contribution < -0.4 is 5.56 Å². The zero-order valence-corrected chi connectivity index (χ0v) is 18.9. The maximum absolute atomic E-state index is 12.5. The number of aromatic nitrogens is 5. The third kappa shape index (κ3) is 4.33. The predicted molar refractivity (Wildman–Crippen MR) is 127 cm³/mol. The average molecular weight is 447 g/mol. The molecule has 0 saturated carbocycles. The smallest absolute Gasteiger partial charge is 0.258 e. The summed E-state index contributed by atoms with van der Waals surface area (Å²) in [5.74, 6) is 2.09. The van der Waals surface area contributed by atoms with E-state index in [1.54, 1.807) is 0 Å². The number of para-hydroxylation sites is 2. The lowest BCUT2D eigenvalue weighted by molar-refractivity contribution is 0.214. The van der Waals surface area contributed by atoms with Crippen LogP contribution in [0.2, 0.25) is 0 Å². The summed E-state index contributed by atoms with van der Waals surface area (Å²) in [5, 5.41) is 10.5. The Labute approximate surface area is 190 Å². The molecule has 1 saturated heterocycles. The van der Waals surface area contributed by atoms with Crippen LogP contribution in [0.5, 0.6) is 0 Å². The molecule has 0 amide bonds. The van der Waals surface area contributed by atoms with Crippen LogP contribution >= 0.6 is 11.8 Å². The molecule has 32 heavy (non-hydrogen) atoms. The highest BCUT2D eigenvalue weighted by Crippen LogP contribution is 2.26. The third-order valence-electron chi connectivity index (χ3n) is 5.85. The van der Waals surface area contributed by atoms with Gasteiger partial charge in [0.05, 0.1) is 23.2 Å². The number of piperidine rings is 1. The maximum Gasteiger partial charge on any atom is 0.258 e. The minimum absolute atomic E-state index is 0.107. The van der Waals surface area contributed by atoms with Crippen LogP contribution in [0.25, 0.3) is 16.6 Å². The minimum atomic E-state index is -0.107. The van der Waals surface area contributed by atoms with E-state index in [9.17, 15) is 4.79 Å². The Balaban J connectivity index is 1.44. The molecule has 2 aromatic carbocycles. The zero-order chi connectivity index (χ0) is 21.9. The van der Waals surface area contributed by atoms with Crippen LogP contribution in [0.1, 0.15) is 36.5 Å². The number of aromatic amines is 1. The number of benzene rings is 2. The van der Waals surface area contributed by atoms with E-state index in [4.69, 9.17) is 4.98 Å². The quantitative estimate of drug-likeness (QED) is 0.450. The summed E-state index contributed by atoms with van der Waals surface area (Å²) in [5.41, 5.74) is 2.69. The number of nitrogens with zero attached hydrogens (tertiary/aromatic N) is 5. The summed E-state index contributed by atoms with van der Waals surface area (Å²) >= 11 is 1.54. The molecule has 8 heteroatoms. The molecule has 0 spiro atoms. The summed E-state index contributed by atoms with van der Waals surface area (Å²) in [4.78, 5) is 22.6. The molecule has 2 aromatic heterocycles. The van der Waals surface area contributed by atoms with E-state index in [1.807, 2.05) is 43.3 Å². The van der Waals surface area contributed by atoms with Crippen molar-refractivity contribution in [3.05, 3.63) is 76.1 Å². The molecule has 1 aliphatic rings. The predicted octanol–water partition coefficient (Wildman–Crippen LogP) is 4.09. The fourth-order valence-electron chi connectivity index (χ4n) is 4.20. The van der Waals surface area contributed by atoms with Crippen molar-refractivity contribution >= 4 is 22.7 Å². The number of fused-ring (bicyclic) bond motifs is 1. The first-order chi connectivity index (χ1) is 15.7. The number of likely N-dealkylation sites (tertiary alicyclic amines) is 1. The molecule has 0 unspecified atom stereocenters. The van der Waals surface area contributed by atoms with Gasteiger partial charge >= 0.3 is 0 Å². The van der Waals surface area contributed by atoms with E-state index in [0.717, 1.165) is 47.4 Å². The van der Waals surface area contributed by atoms with Crippen molar-refractivity contribution in [2.24, 2.45) is 0 Å². The molecule has 3 heterocycles. The number of thioether (sulfide) groups is 1. The van der Waals surface area contributed by atoms with Gasteiger partial charge in [-0.3, -0.25) is 14.3 Å². The summed E-state index contributed by atoms with van der Waals surface area (Å²) < 4.78 is 2.13. The summed E-state index contributed by atoms with van der Waals surface area (Å²) in [6, 6.07) is 15.9. The molecule has 0 aliphatic carbocycles. The molecular formula is C24H26N6OS. The Morgan fingerprint density at radius 1 is 1.00 bits per heavy atom. The molecule has 7 nitrogen and oxygen atoms in total. The number of H-pyrrole nitrogens is 1. The van der Waals surface area contributed by atoms with E-state index >= 15 is 0 Å². The molecule has 1 aliphatic heterocycles. The zero-order valence-electron chi connectivity index (χ0n) is 18.1. The second-order valence-electron chi connectivity index (χ2n) is 8.18. The van der Waals surface area contributed by atoms with Crippen molar-refractivity contribution in [1.82, 2.24) is 29.6 Å². The summed E-state index contributed by atoms with van der Waals surface area (Å²) in [6.45, 7) is 4.97. The number of aryl methyl sites for hydroxylation is 1. The van der Waals surface area contributed by atoms with Gasteiger partial charge in [0.15, 0.2) is 11.0 Å². The molecular weight excluding hydrogens is 420 g/mol. The highest BCUT2D eigenvalue weighted by atomic mass is 32.2. The lowest BCUT2D eigenvalue weighted by Crippen LogP contribution is -2.30. The Hall–Kier alpha value is -2.97. The summed E-state index contributed by atoms with van der Waals surface area (Å²) in [6.07, 6.45) is 3.78. The lowest BCUT2D eigenvalue weighted by atomic mass is 10.1. The van der Waals surface area contributed by atoms with Crippen molar-refractivity contribution in [1.29, 1.82) is 0 Å². The number of rotatable bonds is 6. The van der Waals surface area contributed by atoms with Crippen molar-refractivity contribution in [3.63, 3.8) is 0 Å². The minimum Gasteiger partial charge on any atom is -0.309 e. The van der Waals surface area contributed by atoms with Gasteiger partial charge in [0, 0.05) is 5.69 Å². The maximum atomic E-state index is 12.5. The number of nitrogens with one attached hydrogen (secondary N) is 1. The first kappa shape index (κ1) is 20.9. The van der Waals surface area contributed by atoms with E-state index in [0.29, 0.717) is 17.0 Å². The van der Waals surface area contributed by atoms with Crippen LogP contribution in [0, 0.1) is 6.92 Å². The number of hydrogen-bond donors (Lipinski definition) is 1. The normalized spacial score (nSPS) is 14.8. The van der Waals surface area contributed by atoms with Crippen LogP contribution in [0.4, 0.5) is 0 Å². The first-order valence-corrected chi connectivity index (χ1v) is 12.0. The second kappa shape index (κ2) is 9.26.